The maximum atomic E-state index is 9.20. The van der Waals surface area contributed by atoms with Crippen molar-refractivity contribution in [2.75, 3.05) is 6.61 Å². The molecule has 0 unspecified atom stereocenters. The molecule has 0 aromatic carbocycles. The minimum atomic E-state index is -0.644. The Morgan fingerprint density at radius 1 is 1.47 bits per heavy atom. The van der Waals surface area contributed by atoms with E-state index in [-0.39, 0.29) is 18.8 Å². The van der Waals surface area contributed by atoms with E-state index in [0.717, 1.165) is 9.21 Å². The monoisotopic (exact) mass is 248 g/mol. The van der Waals surface area contributed by atoms with E-state index >= 15 is 0 Å². The Labute approximate surface area is 97.6 Å². The molecule has 2 heterocycles. The van der Waals surface area contributed by atoms with Gasteiger partial charge in [-0.05, 0) is 26.0 Å². The fourth-order valence-corrected chi connectivity index (χ4v) is 2.83. The Hall–Kier alpha value is -0.130. The average molecular weight is 249 g/mol. The summed E-state index contributed by atoms with van der Waals surface area (Å²) in [5.74, 6) is -0.644. The molecule has 1 aromatic rings. The molecule has 0 amide bonds. The minimum Gasteiger partial charge on any atom is -0.394 e. The van der Waals surface area contributed by atoms with Crippen LogP contribution < -0.4 is 0 Å². The lowest BCUT2D eigenvalue weighted by molar-refractivity contribution is -0.149. The summed E-state index contributed by atoms with van der Waals surface area (Å²) in [7, 11) is 0. The smallest absolute Gasteiger partial charge is 0.164 e. The van der Waals surface area contributed by atoms with Crippen molar-refractivity contribution in [1.82, 2.24) is 0 Å². The van der Waals surface area contributed by atoms with Crippen molar-refractivity contribution in [2.24, 2.45) is 0 Å². The van der Waals surface area contributed by atoms with Gasteiger partial charge in [0.05, 0.1) is 10.9 Å². The van der Waals surface area contributed by atoms with Crippen LogP contribution in [0, 0.1) is 0 Å². The van der Waals surface area contributed by atoms with E-state index in [2.05, 4.69) is 0 Å². The van der Waals surface area contributed by atoms with Gasteiger partial charge in [0.1, 0.15) is 12.2 Å². The molecule has 0 aliphatic carbocycles. The van der Waals surface area contributed by atoms with E-state index in [4.69, 9.17) is 21.1 Å². The summed E-state index contributed by atoms with van der Waals surface area (Å²) in [4.78, 5) is 0.990. The third kappa shape index (κ3) is 2.34. The zero-order valence-corrected chi connectivity index (χ0v) is 10.1. The number of aliphatic hydroxyl groups excluding tert-OH is 1. The third-order valence-electron chi connectivity index (χ3n) is 2.24. The lowest BCUT2D eigenvalue weighted by atomic mass is 10.2. The molecule has 15 heavy (non-hydrogen) atoms. The van der Waals surface area contributed by atoms with E-state index in [1.54, 1.807) is 0 Å². The molecule has 1 saturated heterocycles. The van der Waals surface area contributed by atoms with Crippen LogP contribution in [0.3, 0.4) is 0 Å². The standard InChI is InChI=1S/C10H13ClO3S/c1-10(2)13-6(5-12)9(14-10)7-3-4-8(11)15-7/h3-4,6,9,12H,5H2,1-2H3/t6-,9+/m0/s1. The van der Waals surface area contributed by atoms with Gasteiger partial charge in [-0.2, -0.15) is 0 Å². The third-order valence-corrected chi connectivity index (χ3v) is 3.53. The second kappa shape index (κ2) is 4.03. The van der Waals surface area contributed by atoms with Crippen molar-refractivity contribution < 1.29 is 14.6 Å². The van der Waals surface area contributed by atoms with Crippen molar-refractivity contribution in [3.8, 4) is 0 Å². The van der Waals surface area contributed by atoms with Crippen LogP contribution in [0.15, 0.2) is 12.1 Å². The topological polar surface area (TPSA) is 38.7 Å². The SMILES string of the molecule is CC1(C)O[C@@H](CO)[C@H](c2ccc(Cl)s2)O1. The number of halogens is 1. The molecular weight excluding hydrogens is 236 g/mol. The minimum absolute atomic E-state index is 0.0520. The molecule has 0 bridgehead atoms. The van der Waals surface area contributed by atoms with Crippen LogP contribution in [-0.2, 0) is 9.47 Å². The molecule has 1 fully saturated rings. The lowest BCUT2D eigenvalue weighted by Gasteiger charge is -2.16. The Morgan fingerprint density at radius 3 is 2.73 bits per heavy atom. The van der Waals surface area contributed by atoms with Crippen LogP contribution in [0.25, 0.3) is 0 Å². The van der Waals surface area contributed by atoms with E-state index in [0.29, 0.717) is 0 Å². The van der Waals surface area contributed by atoms with Crippen LogP contribution in [0.1, 0.15) is 24.8 Å². The van der Waals surface area contributed by atoms with Crippen LogP contribution in [0.4, 0.5) is 0 Å². The second-order valence-corrected chi connectivity index (χ2v) is 5.67. The number of aliphatic hydroxyl groups is 1. The number of ether oxygens (including phenoxy) is 2. The fourth-order valence-electron chi connectivity index (χ4n) is 1.69. The highest BCUT2D eigenvalue weighted by Gasteiger charge is 2.42. The summed E-state index contributed by atoms with van der Waals surface area (Å²) in [6.45, 7) is 3.62. The van der Waals surface area contributed by atoms with Crippen molar-refractivity contribution in [2.45, 2.75) is 31.8 Å². The molecule has 1 aliphatic rings. The van der Waals surface area contributed by atoms with E-state index < -0.39 is 5.79 Å². The van der Waals surface area contributed by atoms with Crippen LogP contribution >= 0.6 is 22.9 Å². The quantitative estimate of drug-likeness (QED) is 0.874. The first kappa shape index (κ1) is 11.4. The molecule has 5 heteroatoms. The maximum absolute atomic E-state index is 9.20. The van der Waals surface area contributed by atoms with Gasteiger partial charge in [-0.3, -0.25) is 0 Å². The van der Waals surface area contributed by atoms with Gasteiger partial charge in [0.25, 0.3) is 0 Å². The van der Waals surface area contributed by atoms with Gasteiger partial charge in [-0.15, -0.1) is 11.3 Å². The maximum Gasteiger partial charge on any atom is 0.164 e. The van der Waals surface area contributed by atoms with Crippen LogP contribution in [-0.4, -0.2) is 23.6 Å². The molecular formula is C10H13ClO3S. The largest absolute Gasteiger partial charge is 0.394 e. The predicted octanol–water partition coefficient (Wildman–Crippen LogP) is 2.59. The molecule has 0 saturated carbocycles. The molecule has 2 rings (SSSR count). The first-order valence-corrected chi connectivity index (χ1v) is 5.93. The summed E-state index contributed by atoms with van der Waals surface area (Å²) in [6.07, 6.45) is -0.530. The lowest BCUT2D eigenvalue weighted by Crippen LogP contribution is -2.23. The molecule has 3 nitrogen and oxygen atoms in total. The highest BCUT2D eigenvalue weighted by molar-refractivity contribution is 7.16. The molecule has 84 valence electrons. The van der Waals surface area contributed by atoms with E-state index in [1.165, 1.54) is 11.3 Å². The number of thiophene rings is 1. The zero-order valence-electron chi connectivity index (χ0n) is 8.57. The van der Waals surface area contributed by atoms with Crippen LogP contribution in [0.5, 0.6) is 0 Å². The van der Waals surface area contributed by atoms with Gasteiger partial charge in [0, 0.05) is 4.88 Å². The number of rotatable bonds is 2. The fraction of sp³-hybridized carbons (Fsp3) is 0.600. The van der Waals surface area contributed by atoms with Gasteiger partial charge in [-0.25, -0.2) is 0 Å². The van der Waals surface area contributed by atoms with Crippen molar-refractivity contribution in [3.05, 3.63) is 21.3 Å². The summed E-state index contributed by atoms with van der Waals surface area (Å²) in [5.41, 5.74) is 0. The van der Waals surface area contributed by atoms with E-state index in [9.17, 15) is 5.11 Å². The zero-order chi connectivity index (χ0) is 11.1. The normalized spacial score (nSPS) is 29.6. The van der Waals surface area contributed by atoms with Gasteiger partial charge >= 0.3 is 0 Å². The highest BCUT2D eigenvalue weighted by Crippen LogP contribution is 2.41. The van der Waals surface area contributed by atoms with Gasteiger partial charge < -0.3 is 14.6 Å². The Morgan fingerprint density at radius 2 is 2.20 bits per heavy atom. The Balaban J connectivity index is 2.21. The molecule has 2 atom stereocenters. The van der Waals surface area contributed by atoms with Gasteiger partial charge in [-0.1, -0.05) is 11.6 Å². The van der Waals surface area contributed by atoms with Crippen molar-refractivity contribution in [1.29, 1.82) is 0 Å². The highest BCUT2D eigenvalue weighted by atomic mass is 35.5. The number of hydrogen-bond donors (Lipinski definition) is 1. The second-order valence-electron chi connectivity index (χ2n) is 3.92. The molecule has 0 spiro atoms. The van der Waals surface area contributed by atoms with Crippen LogP contribution in [0.2, 0.25) is 4.34 Å². The number of hydrogen-bond acceptors (Lipinski definition) is 4. The Bertz CT molecular complexity index is 350. The van der Waals surface area contributed by atoms with Crippen molar-refractivity contribution >= 4 is 22.9 Å². The summed E-state index contributed by atoms with van der Waals surface area (Å²) in [5, 5.41) is 9.20. The first-order chi connectivity index (χ1) is 7.02. The molecule has 1 aliphatic heterocycles. The Kier molecular flexibility index (Phi) is 3.05. The summed E-state index contributed by atoms with van der Waals surface area (Å²) < 4.78 is 12.0. The van der Waals surface area contributed by atoms with Gasteiger partial charge in [0.15, 0.2) is 5.79 Å². The van der Waals surface area contributed by atoms with Crippen molar-refractivity contribution in [3.63, 3.8) is 0 Å². The summed E-state index contributed by atoms with van der Waals surface area (Å²) >= 11 is 7.31. The predicted molar refractivity (Wildman–Crippen MR) is 59.2 cm³/mol. The van der Waals surface area contributed by atoms with Gasteiger partial charge in [0.2, 0.25) is 0 Å². The van der Waals surface area contributed by atoms with E-state index in [1.807, 2.05) is 26.0 Å². The molecule has 1 N–H and O–H groups in total. The molecule has 1 aromatic heterocycles. The summed E-state index contributed by atoms with van der Waals surface area (Å²) in [6, 6.07) is 3.73. The average Bonchev–Trinajstić information content (AvgIpc) is 2.69. The molecule has 0 radical (unpaired) electrons. The first-order valence-electron chi connectivity index (χ1n) is 4.73.